The number of hydrogen-bond donors (Lipinski definition) is 1. The minimum atomic E-state index is -0.417. The maximum atomic E-state index is 11.5. The van der Waals surface area contributed by atoms with Crippen LogP contribution in [-0.2, 0) is 25.9 Å². The van der Waals surface area contributed by atoms with Crippen molar-refractivity contribution in [2.45, 2.75) is 41.5 Å². The Labute approximate surface area is 230 Å². The van der Waals surface area contributed by atoms with Crippen molar-refractivity contribution in [1.82, 2.24) is 4.98 Å². The summed E-state index contributed by atoms with van der Waals surface area (Å²) in [4.78, 5) is 18.0. The summed E-state index contributed by atoms with van der Waals surface area (Å²) in [6.07, 6.45) is 3.14. The Balaban J connectivity index is 0.000000402. The summed E-state index contributed by atoms with van der Waals surface area (Å²) in [5.74, 6) is 1.65. The molecule has 36 heavy (non-hydrogen) atoms. The van der Waals surface area contributed by atoms with Crippen LogP contribution in [-0.4, -0.2) is 30.0 Å². The number of benzene rings is 2. The second-order valence-electron chi connectivity index (χ2n) is 10.5. The molecule has 0 fully saturated rings. The molecule has 0 spiro atoms. The summed E-state index contributed by atoms with van der Waals surface area (Å²) in [6, 6.07) is 22.7. The van der Waals surface area contributed by atoms with E-state index in [9.17, 15) is 9.90 Å². The number of carbonyl (C=O) groups excluding carboxylic acids is 1. The number of allylic oxidation sites excluding steroid dienone is 2. The van der Waals surface area contributed by atoms with E-state index in [2.05, 4.69) is 11.1 Å². The number of ketones is 1. The van der Waals surface area contributed by atoms with Crippen molar-refractivity contribution in [1.29, 1.82) is 0 Å². The van der Waals surface area contributed by atoms with Crippen LogP contribution >= 0.6 is 0 Å². The Kier molecular flexibility index (Phi) is 11.6. The van der Waals surface area contributed by atoms with Gasteiger partial charge in [-0.1, -0.05) is 71.4 Å². The molecular formula is C30H37N2O3Pt-. The minimum Gasteiger partial charge on any atom is -0.512 e. The van der Waals surface area contributed by atoms with E-state index >= 15 is 0 Å². The van der Waals surface area contributed by atoms with Gasteiger partial charge in [-0.05, 0) is 23.9 Å². The molecule has 3 rings (SSSR count). The van der Waals surface area contributed by atoms with E-state index < -0.39 is 5.41 Å². The van der Waals surface area contributed by atoms with Crippen molar-refractivity contribution in [2.24, 2.45) is 10.8 Å². The molecule has 0 aliphatic carbocycles. The molecule has 1 N–H and O–H groups in total. The largest absolute Gasteiger partial charge is 0.512 e. The van der Waals surface area contributed by atoms with Crippen LogP contribution in [0.5, 0.6) is 11.5 Å². The molecular weight excluding hydrogens is 631 g/mol. The quantitative estimate of drug-likeness (QED) is 0.174. The summed E-state index contributed by atoms with van der Waals surface area (Å²) in [5.41, 5.74) is 2.03. The number of pyridine rings is 1. The second kappa shape index (κ2) is 13.4. The van der Waals surface area contributed by atoms with Crippen LogP contribution in [0.3, 0.4) is 0 Å². The molecule has 0 saturated carbocycles. The molecule has 1 aromatic heterocycles. The van der Waals surface area contributed by atoms with Gasteiger partial charge >= 0.3 is 0 Å². The van der Waals surface area contributed by atoms with Gasteiger partial charge in [0.15, 0.2) is 5.78 Å². The smallest absolute Gasteiger partial charge is 0.164 e. The number of hydrogen-bond acceptors (Lipinski definition) is 5. The summed E-state index contributed by atoms with van der Waals surface area (Å²) in [6.45, 7) is 11.1. The number of carbonyl (C=O) groups is 1. The average molecular weight is 669 g/mol. The average Bonchev–Trinajstić information content (AvgIpc) is 2.79. The van der Waals surface area contributed by atoms with Gasteiger partial charge < -0.3 is 19.7 Å². The molecule has 0 bridgehead atoms. The van der Waals surface area contributed by atoms with Crippen LogP contribution in [0.25, 0.3) is 11.3 Å². The number of aliphatic hydroxyl groups is 1. The van der Waals surface area contributed by atoms with Crippen molar-refractivity contribution in [2.75, 3.05) is 19.0 Å². The van der Waals surface area contributed by atoms with Crippen LogP contribution in [0.4, 0.5) is 5.69 Å². The van der Waals surface area contributed by atoms with E-state index in [1.54, 1.807) is 6.20 Å². The standard InChI is InChI=1S/C19H17N2O.C11H20O2.Pt/c1-21(2)15-12-13-20-18(14-15)17-10-6-7-11-19(17)22-16-8-4-3-5-9-16;1-10(2,3)8(12)7-9(13)11(4,5)6;/h3-9,11-14H,1-2H3;7,12H,1-6H3;/q-1;;/b;8-7-;. The number of rotatable bonds is 5. The summed E-state index contributed by atoms with van der Waals surface area (Å²) in [5, 5.41) is 9.56. The molecule has 5 nitrogen and oxygen atoms in total. The van der Waals surface area contributed by atoms with Gasteiger partial charge in [-0.15, -0.1) is 24.3 Å². The Bertz CT molecular complexity index is 1140. The summed E-state index contributed by atoms with van der Waals surface area (Å²) < 4.78 is 5.98. The molecule has 6 heteroatoms. The normalized spacial score (nSPS) is 11.5. The Morgan fingerprint density at radius 2 is 1.61 bits per heavy atom. The molecule has 0 unspecified atom stereocenters. The zero-order chi connectivity index (χ0) is 26.2. The molecule has 2 aromatic carbocycles. The van der Waals surface area contributed by atoms with E-state index in [1.807, 2.05) is 121 Å². The molecule has 1 heterocycles. The Hall–Kier alpha value is -2.91. The van der Waals surface area contributed by atoms with Crippen LogP contribution in [0.2, 0.25) is 0 Å². The fourth-order valence-electron chi connectivity index (χ4n) is 2.71. The first-order valence-corrected chi connectivity index (χ1v) is 11.6. The molecule has 196 valence electrons. The predicted octanol–water partition coefficient (Wildman–Crippen LogP) is 7.49. The summed E-state index contributed by atoms with van der Waals surface area (Å²) >= 11 is 0. The van der Waals surface area contributed by atoms with Gasteiger partial charge in [0.05, 0.1) is 0 Å². The van der Waals surface area contributed by atoms with Gasteiger partial charge in [-0.25, -0.2) is 0 Å². The zero-order valence-electron chi connectivity index (χ0n) is 22.4. The molecule has 3 aromatic rings. The van der Waals surface area contributed by atoms with Crippen LogP contribution < -0.4 is 9.64 Å². The minimum absolute atomic E-state index is 0. The molecule has 0 radical (unpaired) electrons. The third kappa shape index (κ3) is 9.62. The van der Waals surface area contributed by atoms with E-state index in [4.69, 9.17) is 4.74 Å². The van der Waals surface area contributed by atoms with Gasteiger partial charge in [0.2, 0.25) is 0 Å². The van der Waals surface area contributed by atoms with E-state index in [0.29, 0.717) is 0 Å². The van der Waals surface area contributed by atoms with Crippen molar-refractivity contribution in [3.05, 3.63) is 84.8 Å². The maximum Gasteiger partial charge on any atom is 0.164 e. The van der Waals surface area contributed by atoms with Gasteiger partial charge in [0.25, 0.3) is 0 Å². The molecule has 0 amide bonds. The number of para-hydroxylation sites is 1. The van der Waals surface area contributed by atoms with Crippen LogP contribution in [0.15, 0.2) is 78.7 Å². The number of ether oxygens (including phenoxy) is 1. The second-order valence-corrected chi connectivity index (χ2v) is 10.5. The number of anilines is 1. The topological polar surface area (TPSA) is 62.7 Å². The fraction of sp³-hybridized carbons (Fsp3) is 0.333. The maximum absolute atomic E-state index is 11.5. The van der Waals surface area contributed by atoms with Crippen molar-refractivity contribution >= 4 is 11.5 Å². The monoisotopic (exact) mass is 668 g/mol. The van der Waals surface area contributed by atoms with Gasteiger partial charge in [-0.2, -0.15) is 0 Å². The van der Waals surface area contributed by atoms with E-state index in [-0.39, 0.29) is 38.0 Å². The first-order chi connectivity index (χ1) is 16.3. The third-order valence-corrected chi connectivity index (χ3v) is 5.08. The van der Waals surface area contributed by atoms with Gasteiger partial charge in [0, 0.05) is 69.7 Å². The van der Waals surface area contributed by atoms with E-state index in [1.165, 1.54) is 6.08 Å². The van der Waals surface area contributed by atoms with Crippen LogP contribution in [0.1, 0.15) is 41.5 Å². The van der Waals surface area contributed by atoms with Gasteiger partial charge in [0.1, 0.15) is 11.5 Å². The van der Waals surface area contributed by atoms with Crippen molar-refractivity contribution < 1.29 is 35.7 Å². The number of aliphatic hydroxyl groups excluding tert-OH is 1. The molecule has 0 saturated heterocycles. The Morgan fingerprint density at radius 1 is 0.972 bits per heavy atom. The van der Waals surface area contributed by atoms with Crippen molar-refractivity contribution in [3.63, 3.8) is 0 Å². The number of aromatic nitrogens is 1. The predicted molar refractivity (Wildman–Crippen MR) is 144 cm³/mol. The first-order valence-electron chi connectivity index (χ1n) is 11.6. The molecule has 0 aliphatic rings. The molecule has 0 atom stereocenters. The summed E-state index contributed by atoms with van der Waals surface area (Å²) in [7, 11) is 4.02. The van der Waals surface area contributed by atoms with Crippen LogP contribution in [0, 0.1) is 16.9 Å². The van der Waals surface area contributed by atoms with Gasteiger partial charge in [-0.3, -0.25) is 4.79 Å². The zero-order valence-corrected chi connectivity index (χ0v) is 24.7. The SMILES string of the molecule is CC(C)(C)C(=O)/C=C(\O)C(C)(C)C.CN(C)c1ccnc(-c2[c-]cccc2Oc2ccccc2)c1.[Pt]. The first kappa shape index (κ1) is 31.1. The fourth-order valence-corrected chi connectivity index (χ4v) is 2.71. The third-order valence-electron chi connectivity index (χ3n) is 5.08. The van der Waals surface area contributed by atoms with Crippen molar-refractivity contribution in [3.8, 4) is 22.8 Å². The Morgan fingerprint density at radius 3 is 2.17 bits per heavy atom. The number of nitrogens with zero attached hydrogens (tertiary/aromatic N) is 2. The molecule has 0 aliphatic heterocycles. The van der Waals surface area contributed by atoms with E-state index in [0.717, 1.165) is 28.4 Å².